The minimum absolute atomic E-state index is 0.191. The fourth-order valence-corrected chi connectivity index (χ4v) is 5.80. The lowest BCUT2D eigenvalue weighted by Crippen LogP contribution is -2.44. The molecule has 0 spiro atoms. The van der Waals surface area contributed by atoms with Gasteiger partial charge in [0.2, 0.25) is 5.91 Å². The summed E-state index contributed by atoms with van der Waals surface area (Å²) >= 11 is 1.89. The molecule has 2 aliphatic carbocycles. The average molecular weight is 345 g/mol. The Kier molecular flexibility index (Phi) is 4.77. The summed E-state index contributed by atoms with van der Waals surface area (Å²) in [6.07, 6.45) is 13.9. The number of aryl methyl sites for hydroxylation is 1. The molecule has 1 aromatic heterocycles. The molecule has 1 aliphatic heterocycles. The summed E-state index contributed by atoms with van der Waals surface area (Å²) in [5.74, 6) is 0.191. The Bertz CT molecular complexity index is 661. The van der Waals surface area contributed by atoms with Crippen molar-refractivity contribution in [3.63, 3.8) is 0 Å². The van der Waals surface area contributed by atoms with Gasteiger partial charge in [0.15, 0.2) is 0 Å². The van der Waals surface area contributed by atoms with Gasteiger partial charge in [-0.15, -0.1) is 11.3 Å². The molecule has 0 saturated carbocycles. The maximum atomic E-state index is 12.2. The van der Waals surface area contributed by atoms with E-state index in [-0.39, 0.29) is 5.91 Å². The molecule has 0 bridgehead atoms. The normalized spacial score (nSPS) is 21.2. The number of rotatable bonds is 3. The predicted octanol–water partition coefficient (Wildman–Crippen LogP) is 4.64. The van der Waals surface area contributed by atoms with Gasteiger partial charge in [0, 0.05) is 30.5 Å². The Morgan fingerprint density at radius 1 is 1.12 bits per heavy atom. The maximum Gasteiger partial charge on any atom is 0.225 e. The molecule has 0 unspecified atom stereocenters. The van der Waals surface area contributed by atoms with E-state index < -0.39 is 0 Å². The molecule has 2 heterocycles. The molecular weight excluding hydrogens is 316 g/mol. The standard InChI is InChI=1S/C20H28N2OS/c1-15(23)22-14-21(12-11-16-7-3-2-4-8-16)13-18-17-9-5-6-10-19(17)24-20(18)22/h7H,2-6,8-14H2,1H3. The SMILES string of the molecule is CC(=O)N1CN(CCC2=CCCCC2)Cc2c1sc1c2CCCC1. The maximum absolute atomic E-state index is 12.2. The minimum atomic E-state index is 0.191. The number of hydrogen-bond acceptors (Lipinski definition) is 3. The number of amides is 1. The Morgan fingerprint density at radius 3 is 2.75 bits per heavy atom. The van der Waals surface area contributed by atoms with Crippen LogP contribution in [0.4, 0.5) is 5.00 Å². The van der Waals surface area contributed by atoms with E-state index >= 15 is 0 Å². The Hall–Kier alpha value is -1.13. The van der Waals surface area contributed by atoms with Gasteiger partial charge in [0.1, 0.15) is 5.00 Å². The largest absolute Gasteiger partial charge is 0.290 e. The van der Waals surface area contributed by atoms with E-state index in [1.165, 1.54) is 68.4 Å². The van der Waals surface area contributed by atoms with Crippen LogP contribution in [0.25, 0.3) is 0 Å². The van der Waals surface area contributed by atoms with Gasteiger partial charge in [-0.05, 0) is 63.4 Å². The van der Waals surface area contributed by atoms with Gasteiger partial charge >= 0.3 is 0 Å². The van der Waals surface area contributed by atoms with Crippen molar-refractivity contribution in [3.05, 3.63) is 27.7 Å². The van der Waals surface area contributed by atoms with E-state index in [2.05, 4.69) is 11.0 Å². The highest BCUT2D eigenvalue weighted by Gasteiger charge is 2.31. The minimum Gasteiger partial charge on any atom is -0.290 e. The summed E-state index contributed by atoms with van der Waals surface area (Å²) in [6.45, 7) is 4.61. The highest BCUT2D eigenvalue weighted by molar-refractivity contribution is 7.16. The van der Waals surface area contributed by atoms with E-state index in [4.69, 9.17) is 0 Å². The number of thiophene rings is 1. The van der Waals surface area contributed by atoms with Crippen molar-refractivity contribution in [1.82, 2.24) is 4.90 Å². The second kappa shape index (κ2) is 7.01. The smallest absolute Gasteiger partial charge is 0.225 e. The zero-order chi connectivity index (χ0) is 16.5. The number of hydrogen-bond donors (Lipinski definition) is 0. The highest BCUT2D eigenvalue weighted by atomic mass is 32.1. The summed E-state index contributed by atoms with van der Waals surface area (Å²) in [5, 5.41) is 1.25. The predicted molar refractivity (Wildman–Crippen MR) is 101 cm³/mol. The monoisotopic (exact) mass is 344 g/mol. The molecule has 0 fully saturated rings. The first-order valence-corrected chi connectivity index (χ1v) is 10.4. The van der Waals surface area contributed by atoms with Crippen LogP contribution in [0.2, 0.25) is 0 Å². The Labute approximate surface area is 149 Å². The van der Waals surface area contributed by atoms with Gasteiger partial charge in [-0.1, -0.05) is 11.6 Å². The molecular formula is C20H28N2OS. The molecule has 24 heavy (non-hydrogen) atoms. The van der Waals surface area contributed by atoms with Crippen molar-refractivity contribution < 1.29 is 4.79 Å². The Balaban J connectivity index is 1.53. The van der Waals surface area contributed by atoms with Crippen molar-refractivity contribution in [3.8, 4) is 0 Å². The van der Waals surface area contributed by atoms with E-state index in [0.29, 0.717) is 0 Å². The number of allylic oxidation sites excluding steroid dienone is 1. The summed E-state index contributed by atoms with van der Waals surface area (Å²) in [5.41, 5.74) is 4.68. The molecule has 0 radical (unpaired) electrons. The molecule has 4 rings (SSSR count). The fraction of sp³-hybridized carbons (Fsp3) is 0.650. The fourth-order valence-electron chi connectivity index (χ4n) is 4.36. The zero-order valence-corrected chi connectivity index (χ0v) is 15.6. The topological polar surface area (TPSA) is 23.6 Å². The molecule has 3 nitrogen and oxygen atoms in total. The van der Waals surface area contributed by atoms with Gasteiger partial charge in [-0.2, -0.15) is 0 Å². The zero-order valence-electron chi connectivity index (χ0n) is 14.8. The van der Waals surface area contributed by atoms with Gasteiger partial charge in [0.05, 0.1) is 6.67 Å². The van der Waals surface area contributed by atoms with E-state index in [1.807, 2.05) is 16.2 Å². The molecule has 1 amide bonds. The van der Waals surface area contributed by atoms with Crippen LogP contribution >= 0.6 is 11.3 Å². The van der Waals surface area contributed by atoms with Crippen LogP contribution in [0.3, 0.4) is 0 Å². The van der Waals surface area contributed by atoms with Gasteiger partial charge in [0.25, 0.3) is 0 Å². The van der Waals surface area contributed by atoms with E-state index in [9.17, 15) is 4.79 Å². The van der Waals surface area contributed by atoms with Crippen molar-refractivity contribution in [2.24, 2.45) is 0 Å². The molecule has 3 aliphatic rings. The number of carbonyl (C=O) groups is 1. The van der Waals surface area contributed by atoms with Gasteiger partial charge < -0.3 is 0 Å². The lowest BCUT2D eigenvalue weighted by molar-refractivity contribution is -0.117. The third kappa shape index (κ3) is 3.18. The van der Waals surface area contributed by atoms with Crippen LogP contribution in [0.15, 0.2) is 11.6 Å². The molecule has 0 saturated heterocycles. The molecule has 0 N–H and O–H groups in total. The molecule has 0 aromatic carbocycles. The number of nitrogens with zero attached hydrogens (tertiary/aromatic N) is 2. The van der Waals surface area contributed by atoms with Crippen LogP contribution < -0.4 is 4.90 Å². The van der Waals surface area contributed by atoms with Crippen LogP contribution in [0.5, 0.6) is 0 Å². The quantitative estimate of drug-likeness (QED) is 0.746. The number of carbonyl (C=O) groups excluding carboxylic acids is 1. The van der Waals surface area contributed by atoms with Gasteiger partial charge in [-0.25, -0.2) is 0 Å². The van der Waals surface area contributed by atoms with E-state index in [0.717, 1.165) is 19.8 Å². The first kappa shape index (κ1) is 16.3. The third-order valence-corrected chi connectivity index (χ3v) is 7.10. The average Bonchev–Trinajstić information content (AvgIpc) is 2.98. The van der Waals surface area contributed by atoms with Crippen molar-refractivity contribution >= 4 is 22.2 Å². The summed E-state index contributed by atoms with van der Waals surface area (Å²) < 4.78 is 0. The first-order valence-electron chi connectivity index (χ1n) is 9.54. The van der Waals surface area contributed by atoms with E-state index in [1.54, 1.807) is 22.9 Å². The molecule has 0 atom stereocenters. The van der Waals surface area contributed by atoms with Crippen molar-refractivity contribution in [2.75, 3.05) is 18.1 Å². The van der Waals surface area contributed by atoms with Crippen LogP contribution in [-0.2, 0) is 24.2 Å². The summed E-state index contributed by atoms with van der Waals surface area (Å²) in [4.78, 5) is 18.3. The molecule has 4 heteroatoms. The van der Waals surface area contributed by atoms with Crippen LogP contribution in [0, 0.1) is 0 Å². The van der Waals surface area contributed by atoms with Crippen molar-refractivity contribution in [2.45, 2.75) is 71.3 Å². The van der Waals surface area contributed by atoms with Gasteiger partial charge in [-0.3, -0.25) is 14.6 Å². The first-order chi connectivity index (χ1) is 11.7. The van der Waals surface area contributed by atoms with Crippen molar-refractivity contribution in [1.29, 1.82) is 0 Å². The van der Waals surface area contributed by atoms with Crippen LogP contribution in [-0.4, -0.2) is 24.0 Å². The second-order valence-electron chi connectivity index (χ2n) is 7.49. The van der Waals surface area contributed by atoms with Crippen LogP contribution in [0.1, 0.15) is 67.9 Å². The lowest BCUT2D eigenvalue weighted by atomic mass is 9.94. The number of anilines is 1. The second-order valence-corrected chi connectivity index (χ2v) is 8.58. The lowest BCUT2D eigenvalue weighted by Gasteiger charge is -2.35. The molecule has 130 valence electrons. The third-order valence-electron chi connectivity index (χ3n) is 5.74. The number of fused-ring (bicyclic) bond motifs is 3. The highest BCUT2D eigenvalue weighted by Crippen LogP contribution is 2.43. The Morgan fingerprint density at radius 2 is 1.96 bits per heavy atom. The summed E-state index contributed by atoms with van der Waals surface area (Å²) in [7, 11) is 0. The summed E-state index contributed by atoms with van der Waals surface area (Å²) in [6, 6.07) is 0. The molecule has 1 aromatic rings.